The van der Waals surface area contributed by atoms with Crippen molar-refractivity contribution in [1.29, 1.82) is 0 Å². The van der Waals surface area contributed by atoms with E-state index in [2.05, 4.69) is 16.6 Å². The summed E-state index contributed by atoms with van der Waals surface area (Å²) in [6, 6.07) is 5.58. The number of nitrogens with one attached hydrogen (secondary N) is 2. The second-order valence-corrected chi connectivity index (χ2v) is 10.8. The largest absolute Gasteiger partial charge is 0.497 e. The van der Waals surface area contributed by atoms with E-state index < -0.39 is 0 Å². The van der Waals surface area contributed by atoms with Gasteiger partial charge in [-0.3, -0.25) is 4.79 Å². The number of carbonyl (C=O) groups excluding carboxylic acids is 2. The fourth-order valence-corrected chi connectivity index (χ4v) is 5.75. The first-order chi connectivity index (χ1) is 18.9. The molecule has 0 aromatic heterocycles. The normalized spacial score (nSPS) is 22.4. The van der Waals surface area contributed by atoms with Crippen LogP contribution in [0.2, 0.25) is 0 Å². The van der Waals surface area contributed by atoms with Crippen LogP contribution in [-0.4, -0.2) is 106 Å². The summed E-state index contributed by atoms with van der Waals surface area (Å²) in [6.07, 6.45) is 5.12. The molecule has 0 saturated carbocycles. The van der Waals surface area contributed by atoms with Crippen molar-refractivity contribution >= 4 is 35.3 Å². The Balaban J connectivity index is 1.48. The number of terminal acetylenes is 1. The summed E-state index contributed by atoms with van der Waals surface area (Å²) in [6.45, 7) is 6.34. The Kier molecular flexibility index (Phi) is 13.5. The molecule has 39 heavy (non-hydrogen) atoms. The Bertz CT molecular complexity index is 979. The molecule has 1 fully saturated rings. The van der Waals surface area contributed by atoms with Gasteiger partial charge in [0, 0.05) is 19.0 Å². The van der Waals surface area contributed by atoms with Crippen LogP contribution < -0.4 is 15.4 Å². The summed E-state index contributed by atoms with van der Waals surface area (Å²) in [4.78, 5) is 26.9. The van der Waals surface area contributed by atoms with Crippen LogP contribution >= 0.6 is 23.4 Å². The quantitative estimate of drug-likeness (QED) is 0.174. The van der Waals surface area contributed by atoms with E-state index in [1.807, 2.05) is 30.0 Å². The molecule has 216 valence electrons. The number of amides is 3. The molecule has 1 aromatic carbocycles. The highest BCUT2D eigenvalue weighted by molar-refractivity contribution is 8.00. The van der Waals surface area contributed by atoms with Gasteiger partial charge < -0.3 is 39.2 Å². The highest BCUT2D eigenvalue weighted by Gasteiger charge is 2.35. The number of benzene rings is 1. The van der Waals surface area contributed by atoms with E-state index in [1.54, 1.807) is 7.11 Å². The van der Waals surface area contributed by atoms with Crippen LogP contribution in [0.3, 0.4) is 0 Å². The van der Waals surface area contributed by atoms with Crippen LogP contribution in [0.25, 0.3) is 0 Å². The van der Waals surface area contributed by atoms with Crippen LogP contribution in [0.15, 0.2) is 18.2 Å². The summed E-state index contributed by atoms with van der Waals surface area (Å²) in [5.41, 5.74) is 2.19. The fourth-order valence-electron chi connectivity index (χ4n) is 4.41. The lowest BCUT2D eigenvalue weighted by Crippen LogP contribution is -2.54. The number of hydrogen-bond donors (Lipinski definition) is 2. The molecule has 2 aliphatic heterocycles. The van der Waals surface area contributed by atoms with E-state index in [-0.39, 0.29) is 47.0 Å². The topological polar surface area (TPSA) is 108 Å². The molecule has 10 nitrogen and oxygen atoms in total. The Labute approximate surface area is 239 Å². The number of rotatable bonds is 16. The molecule has 12 heteroatoms. The molecule has 2 heterocycles. The van der Waals surface area contributed by atoms with Gasteiger partial charge in [-0.1, -0.05) is 12.0 Å². The van der Waals surface area contributed by atoms with Gasteiger partial charge in [0.05, 0.1) is 75.9 Å². The maximum absolute atomic E-state index is 13.3. The molecule has 3 rings (SSSR count). The van der Waals surface area contributed by atoms with Gasteiger partial charge in [-0.2, -0.15) is 0 Å². The van der Waals surface area contributed by atoms with Crippen LogP contribution in [-0.2, 0) is 23.7 Å². The van der Waals surface area contributed by atoms with E-state index in [9.17, 15) is 9.59 Å². The van der Waals surface area contributed by atoms with Gasteiger partial charge in [-0.05, 0) is 30.2 Å². The van der Waals surface area contributed by atoms with Crippen molar-refractivity contribution in [2.75, 3.05) is 78.8 Å². The summed E-state index contributed by atoms with van der Waals surface area (Å²) >= 11 is 7.68. The van der Waals surface area contributed by atoms with E-state index in [4.69, 9.17) is 41.7 Å². The van der Waals surface area contributed by atoms with Gasteiger partial charge in [0.1, 0.15) is 12.4 Å². The summed E-state index contributed by atoms with van der Waals surface area (Å²) < 4.78 is 27.6. The predicted octanol–water partition coefficient (Wildman–Crippen LogP) is 2.36. The highest BCUT2D eigenvalue weighted by atomic mass is 35.5. The van der Waals surface area contributed by atoms with Gasteiger partial charge in [0.15, 0.2) is 0 Å². The standard InChI is InChI=1S/C27H38ClN3O7S/c1-4-7-35-8-9-36-10-11-37-12-13-38-17-20-16-31(19(2)22-6-5-21(34-3)14-23(20)22)25(32)18-39-26-24(28)15-29-27(33)30-26/h1,5-6,14,19-20,24,26H,7-13,15-18H2,2-3H3,(H2,29,30,33)/t19-,20-,24?,26?/m0/s1. The van der Waals surface area contributed by atoms with E-state index in [0.717, 1.165) is 16.9 Å². The third-order valence-electron chi connectivity index (χ3n) is 6.46. The van der Waals surface area contributed by atoms with Crippen molar-refractivity contribution in [3.05, 3.63) is 29.3 Å². The lowest BCUT2D eigenvalue weighted by molar-refractivity contribution is -0.131. The Morgan fingerprint density at radius 1 is 1.13 bits per heavy atom. The predicted molar refractivity (Wildman–Crippen MR) is 150 cm³/mol. The number of methoxy groups -OCH3 is 1. The van der Waals surface area contributed by atoms with Gasteiger partial charge >= 0.3 is 6.03 Å². The minimum absolute atomic E-state index is 0.0105. The Morgan fingerprint density at radius 2 is 1.82 bits per heavy atom. The molecule has 1 saturated heterocycles. The highest BCUT2D eigenvalue weighted by Crippen LogP contribution is 2.38. The number of nitrogens with zero attached hydrogens (tertiary/aromatic N) is 1. The van der Waals surface area contributed by atoms with Gasteiger partial charge in [0.2, 0.25) is 5.91 Å². The zero-order valence-electron chi connectivity index (χ0n) is 22.5. The summed E-state index contributed by atoms with van der Waals surface area (Å²) in [5, 5.41) is 4.82. The van der Waals surface area contributed by atoms with Gasteiger partial charge in [-0.25, -0.2) is 4.79 Å². The first-order valence-electron chi connectivity index (χ1n) is 13.0. The molecule has 2 N–H and O–H groups in total. The molecular weight excluding hydrogens is 546 g/mol. The monoisotopic (exact) mass is 583 g/mol. The second-order valence-electron chi connectivity index (χ2n) is 9.07. The van der Waals surface area contributed by atoms with E-state index >= 15 is 0 Å². The number of carbonyl (C=O) groups is 2. The molecule has 2 unspecified atom stereocenters. The first kappa shape index (κ1) is 31.3. The van der Waals surface area contributed by atoms with Crippen molar-refractivity contribution in [2.45, 2.75) is 29.6 Å². The summed E-state index contributed by atoms with van der Waals surface area (Å²) in [7, 11) is 1.64. The molecule has 0 spiro atoms. The number of thioether (sulfide) groups is 1. The molecule has 3 amide bonds. The maximum Gasteiger partial charge on any atom is 0.315 e. The second kappa shape index (κ2) is 16.8. The average molecular weight is 584 g/mol. The lowest BCUT2D eigenvalue weighted by Gasteiger charge is -2.40. The molecule has 0 aliphatic carbocycles. The number of hydrogen-bond acceptors (Lipinski definition) is 8. The van der Waals surface area contributed by atoms with E-state index in [0.29, 0.717) is 59.3 Å². The summed E-state index contributed by atoms with van der Waals surface area (Å²) in [5.74, 6) is 3.35. The Morgan fingerprint density at radius 3 is 2.51 bits per heavy atom. The third-order valence-corrected chi connectivity index (χ3v) is 8.23. The van der Waals surface area contributed by atoms with Crippen LogP contribution in [0, 0.1) is 12.3 Å². The number of halogens is 1. The number of ether oxygens (including phenoxy) is 5. The Hall–Kier alpha value is -2.20. The van der Waals surface area contributed by atoms with Crippen LogP contribution in [0.1, 0.15) is 30.0 Å². The zero-order valence-corrected chi connectivity index (χ0v) is 24.1. The van der Waals surface area contributed by atoms with Crippen LogP contribution in [0.5, 0.6) is 5.75 Å². The van der Waals surface area contributed by atoms with E-state index in [1.165, 1.54) is 11.8 Å². The number of fused-ring (bicyclic) bond motifs is 1. The molecule has 1 aromatic rings. The molecule has 2 aliphatic rings. The minimum Gasteiger partial charge on any atom is -0.497 e. The van der Waals surface area contributed by atoms with Crippen molar-refractivity contribution in [3.63, 3.8) is 0 Å². The SMILES string of the molecule is C#CCOCCOCCOCCOC[C@@H]1CN(C(=O)CSC2NC(=O)NCC2Cl)[C@@H](C)c2ccc(OC)cc21. The van der Waals surface area contributed by atoms with Crippen molar-refractivity contribution in [1.82, 2.24) is 15.5 Å². The molecular formula is C27H38ClN3O7S. The van der Waals surface area contributed by atoms with Crippen molar-refractivity contribution < 1.29 is 33.3 Å². The lowest BCUT2D eigenvalue weighted by atomic mass is 9.86. The number of alkyl halides is 1. The average Bonchev–Trinajstić information content (AvgIpc) is 2.94. The van der Waals surface area contributed by atoms with Gasteiger partial charge in [-0.15, -0.1) is 29.8 Å². The van der Waals surface area contributed by atoms with Crippen molar-refractivity contribution in [2.24, 2.45) is 0 Å². The molecule has 4 atom stereocenters. The molecule has 0 bridgehead atoms. The fraction of sp³-hybridized carbons (Fsp3) is 0.630. The van der Waals surface area contributed by atoms with Gasteiger partial charge in [0.25, 0.3) is 0 Å². The smallest absolute Gasteiger partial charge is 0.315 e. The third kappa shape index (κ3) is 9.74. The number of urea groups is 1. The van der Waals surface area contributed by atoms with Crippen LogP contribution in [0.4, 0.5) is 4.79 Å². The minimum atomic E-state index is -0.327. The molecule has 0 radical (unpaired) electrons. The van der Waals surface area contributed by atoms with Crippen molar-refractivity contribution in [3.8, 4) is 18.1 Å². The first-order valence-corrected chi connectivity index (χ1v) is 14.4. The zero-order chi connectivity index (χ0) is 28.0. The maximum atomic E-state index is 13.3.